The molecule has 0 heterocycles. The molecule has 106 valence electrons. The number of allylic oxidation sites excluding steroid dienone is 1. The predicted molar refractivity (Wildman–Crippen MR) is 79.0 cm³/mol. The van der Waals surface area contributed by atoms with Crippen LogP contribution in [0.3, 0.4) is 0 Å². The number of ether oxygens (including phenoxy) is 1. The Morgan fingerprint density at radius 2 is 2.00 bits per heavy atom. The summed E-state index contributed by atoms with van der Waals surface area (Å²) in [5.74, 6) is 0. The first kappa shape index (κ1) is 15.7. The number of rotatable bonds is 7. The zero-order chi connectivity index (χ0) is 13.2. The fourth-order valence-corrected chi connectivity index (χ4v) is 2.95. The Labute approximate surface area is 113 Å². The third-order valence-corrected chi connectivity index (χ3v) is 3.86. The van der Waals surface area contributed by atoms with E-state index in [1.54, 1.807) is 5.57 Å². The van der Waals surface area contributed by atoms with E-state index in [1.165, 1.54) is 44.9 Å². The standard InChI is InChI=1S/C16H31NO/c1-4-11-15(18-5-2)16(17-3)14-12-9-7-6-8-10-13-14/h12,15-17H,4-11,13H2,1-3H3. The van der Waals surface area contributed by atoms with Gasteiger partial charge in [0.05, 0.1) is 12.1 Å². The summed E-state index contributed by atoms with van der Waals surface area (Å²) in [5, 5.41) is 3.50. The lowest BCUT2D eigenvalue weighted by Gasteiger charge is -2.29. The molecule has 0 spiro atoms. The van der Waals surface area contributed by atoms with Gasteiger partial charge in [-0.1, -0.05) is 37.8 Å². The molecule has 1 aliphatic rings. The molecule has 0 aliphatic heterocycles. The van der Waals surface area contributed by atoms with Gasteiger partial charge in [-0.25, -0.2) is 0 Å². The van der Waals surface area contributed by atoms with Crippen LogP contribution in [0.15, 0.2) is 11.6 Å². The van der Waals surface area contributed by atoms with Crippen molar-refractivity contribution < 1.29 is 4.74 Å². The average Bonchev–Trinajstić information content (AvgIpc) is 2.32. The second-order valence-corrected chi connectivity index (χ2v) is 5.28. The van der Waals surface area contributed by atoms with E-state index in [2.05, 4.69) is 32.3 Å². The minimum Gasteiger partial charge on any atom is -0.377 e. The van der Waals surface area contributed by atoms with E-state index in [4.69, 9.17) is 4.74 Å². The Kier molecular flexibility index (Phi) is 8.36. The molecule has 0 bridgehead atoms. The highest BCUT2D eigenvalue weighted by Crippen LogP contribution is 2.23. The van der Waals surface area contributed by atoms with Crippen LogP contribution in [0.25, 0.3) is 0 Å². The Hall–Kier alpha value is -0.340. The van der Waals surface area contributed by atoms with Gasteiger partial charge in [0.15, 0.2) is 0 Å². The Morgan fingerprint density at radius 3 is 2.67 bits per heavy atom. The van der Waals surface area contributed by atoms with Crippen LogP contribution >= 0.6 is 0 Å². The molecule has 1 N–H and O–H groups in total. The van der Waals surface area contributed by atoms with Gasteiger partial charge < -0.3 is 10.1 Å². The van der Waals surface area contributed by atoms with Crippen molar-refractivity contribution in [3.8, 4) is 0 Å². The first-order chi connectivity index (χ1) is 8.83. The minimum absolute atomic E-state index is 0.343. The van der Waals surface area contributed by atoms with E-state index in [1.807, 2.05) is 0 Å². The Morgan fingerprint density at radius 1 is 1.22 bits per heavy atom. The summed E-state index contributed by atoms with van der Waals surface area (Å²) in [6, 6.07) is 0.419. The Bertz CT molecular complexity index is 231. The molecule has 0 radical (unpaired) electrons. The van der Waals surface area contributed by atoms with Crippen LogP contribution < -0.4 is 5.32 Å². The van der Waals surface area contributed by atoms with Crippen molar-refractivity contribution in [3.63, 3.8) is 0 Å². The van der Waals surface area contributed by atoms with Gasteiger partial charge in [0.1, 0.15) is 0 Å². The molecule has 2 heteroatoms. The van der Waals surface area contributed by atoms with Gasteiger partial charge in [0.25, 0.3) is 0 Å². The number of likely N-dealkylation sites (N-methyl/N-ethyl adjacent to an activating group) is 1. The second-order valence-electron chi connectivity index (χ2n) is 5.28. The van der Waals surface area contributed by atoms with Gasteiger partial charge in [-0.05, 0) is 46.1 Å². The summed E-state index contributed by atoms with van der Waals surface area (Å²) in [5.41, 5.74) is 1.59. The van der Waals surface area contributed by atoms with Gasteiger partial charge in [0, 0.05) is 6.61 Å². The minimum atomic E-state index is 0.343. The molecule has 1 aliphatic carbocycles. The summed E-state index contributed by atoms with van der Waals surface area (Å²) in [7, 11) is 2.08. The predicted octanol–water partition coefficient (Wildman–Crippen LogP) is 4.06. The highest BCUT2D eigenvalue weighted by atomic mass is 16.5. The molecule has 0 saturated carbocycles. The first-order valence-corrected chi connectivity index (χ1v) is 7.81. The number of hydrogen-bond acceptors (Lipinski definition) is 2. The zero-order valence-electron chi connectivity index (χ0n) is 12.5. The van der Waals surface area contributed by atoms with Gasteiger partial charge in [-0.15, -0.1) is 0 Å². The molecule has 0 aromatic rings. The monoisotopic (exact) mass is 253 g/mol. The van der Waals surface area contributed by atoms with E-state index in [-0.39, 0.29) is 0 Å². The molecular weight excluding hydrogens is 222 g/mol. The van der Waals surface area contributed by atoms with Crippen molar-refractivity contribution in [3.05, 3.63) is 11.6 Å². The van der Waals surface area contributed by atoms with Crippen LogP contribution in [0.2, 0.25) is 0 Å². The van der Waals surface area contributed by atoms with Crippen LogP contribution in [-0.4, -0.2) is 25.8 Å². The molecule has 0 aromatic heterocycles. The van der Waals surface area contributed by atoms with Gasteiger partial charge in [-0.3, -0.25) is 0 Å². The molecule has 0 amide bonds. The molecule has 2 unspecified atom stereocenters. The maximum Gasteiger partial charge on any atom is 0.0766 e. The lowest BCUT2D eigenvalue weighted by molar-refractivity contribution is 0.0377. The van der Waals surface area contributed by atoms with Gasteiger partial charge in [0.2, 0.25) is 0 Å². The van der Waals surface area contributed by atoms with E-state index in [0.29, 0.717) is 12.1 Å². The van der Waals surface area contributed by atoms with Crippen LogP contribution in [0, 0.1) is 0 Å². The van der Waals surface area contributed by atoms with Crippen molar-refractivity contribution in [1.82, 2.24) is 5.32 Å². The molecule has 0 saturated heterocycles. The van der Waals surface area contributed by atoms with Crippen LogP contribution in [-0.2, 0) is 4.74 Å². The lowest BCUT2D eigenvalue weighted by Crippen LogP contribution is -2.41. The van der Waals surface area contributed by atoms with Crippen molar-refractivity contribution in [2.24, 2.45) is 0 Å². The van der Waals surface area contributed by atoms with Crippen LogP contribution in [0.5, 0.6) is 0 Å². The van der Waals surface area contributed by atoms with E-state index in [9.17, 15) is 0 Å². The second kappa shape index (κ2) is 9.57. The summed E-state index contributed by atoms with van der Waals surface area (Å²) in [6.45, 7) is 5.16. The molecule has 2 nitrogen and oxygen atoms in total. The highest BCUT2D eigenvalue weighted by molar-refractivity contribution is 5.14. The van der Waals surface area contributed by atoms with Crippen molar-refractivity contribution in [1.29, 1.82) is 0 Å². The average molecular weight is 253 g/mol. The third-order valence-electron chi connectivity index (χ3n) is 3.86. The largest absolute Gasteiger partial charge is 0.377 e. The third kappa shape index (κ3) is 5.11. The maximum absolute atomic E-state index is 5.96. The quantitative estimate of drug-likeness (QED) is 0.691. The summed E-state index contributed by atoms with van der Waals surface area (Å²) in [4.78, 5) is 0. The fourth-order valence-electron chi connectivity index (χ4n) is 2.95. The fraction of sp³-hybridized carbons (Fsp3) is 0.875. The topological polar surface area (TPSA) is 21.3 Å². The molecule has 0 fully saturated rings. The van der Waals surface area contributed by atoms with E-state index >= 15 is 0 Å². The summed E-state index contributed by atoms with van der Waals surface area (Å²) >= 11 is 0. The van der Waals surface area contributed by atoms with Gasteiger partial charge >= 0.3 is 0 Å². The molecule has 18 heavy (non-hydrogen) atoms. The van der Waals surface area contributed by atoms with Crippen molar-refractivity contribution in [2.75, 3.05) is 13.7 Å². The van der Waals surface area contributed by atoms with Crippen LogP contribution in [0.1, 0.15) is 65.2 Å². The van der Waals surface area contributed by atoms with Gasteiger partial charge in [-0.2, -0.15) is 0 Å². The molecule has 0 aromatic carbocycles. The lowest BCUT2D eigenvalue weighted by atomic mass is 9.90. The highest BCUT2D eigenvalue weighted by Gasteiger charge is 2.23. The summed E-state index contributed by atoms with van der Waals surface area (Å²) < 4.78 is 5.96. The smallest absolute Gasteiger partial charge is 0.0766 e. The summed E-state index contributed by atoms with van der Waals surface area (Å²) in [6.07, 6.45) is 13.1. The van der Waals surface area contributed by atoms with Crippen molar-refractivity contribution >= 4 is 0 Å². The maximum atomic E-state index is 5.96. The number of nitrogens with one attached hydrogen (secondary N) is 1. The number of hydrogen-bond donors (Lipinski definition) is 1. The normalized spacial score (nSPS) is 20.7. The van der Waals surface area contributed by atoms with Crippen LogP contribution in [0.4, 0.5) is 0 Å². The zero-order valence-corrected chi connectivity index (χ0v) is 12.5. The Balaban J connectivity index is 2.70. The van der Waals surface area contributed by atoms with E-state index in [0.717, 1.165) is 13.0 Å². The SMILES string of the molecule is CCCC(OCC)C(NC)C1=CCCCCCC1. The van der Waals surface area contributed by atoms with Crippen molar-refractivity contribution in [2.45, 2.75) is 77.4 Å². The molecule has 2 atom stereocenters. The molecule has 1 rings (SSSR count). The van der Waals surface area contributed by atoms with E-state index < -0.39 is 0 Å². The molecular formula is C16H31NO. The first-order valence-electron chi connectivity index (χ1n) is 7.81.